The van der Waals surface area contributed by atoms with Gasteiger partial charge in [-0.25, -0.2) is 13.4 Å². The monoisotopic (exact) mass is 454 g/mol. The molecule has 0 fully saturated rings. The maximum absolute atomic E-state index is 13.1. The molecule has 1 aromatic heterocycles. The largest absolute Gasteiger partial charge is 0.348 e. The fraction of sp³-hybridized carbons (Fsp3) is 0.333. The third-order valence-corrected chi connectivity index (χ3v) is 7.66. The molecule has 2 atom stereocenters. The summed E-state index contributed by atoms with van der Waals surface area (Å²) >= 11 is 0. The highest BCUT2D eigenvalue weighted by atomic mass is 32.2. The number of rotatable bonds is 7. The van der Waals surface area contributed by atoms with Crippen LogP contribution in [-0.4, -0.2) is 29.9 Å². The minimum Gasteiger partial charge on any atom is -0.348 e. The van der Waals surface area contributed by atoms with Gasteiger partial charge in [-0.05, 0) is 81.5 Å². The minimum absolute atomic E-state index is 0.248. The number of benzene rings is 2. The van der Waals surface area contributed by atoms with Gasteiger partial charge >= 0.3 is 0 Å². The molecule has 0 aliphatic heterocycles. The van der Waals surface area contributed by atoms with Gasteiger partial charge in [0, 0.05) is 18.1 Å². The van der Waals surface area contributed by atoms with Crippen LogP contribution in [0, 0.1) is 27.7 Å². The number of aromatic nitrogens is 2. The number of hydrogen-bond acceptors (Lipinski definition) is 4. The number of imidazole rings is 1. The van der Waals surface area contributed by atoms with E-state index in [0.29, 0.717) is 11.1 Å². The van der Waals surface area contributed by atoms with Crippen molar-refractivity contribution in [1.29, 1.82) is 0 Å². The van der Waals surface area contributed by atoms with Gasteiger partial charge in [0.1, 0.15) is 0 Å². The Labute approximate surface area is 189 Å². The number of nitrogens with one attached hydrogen (secondary N) is 2. The molecule has 0 aliphatic carbocycles. The number of nitrogens with zero attached hydrogens (tertiary/aromatic N) is 2. The van der Waals surface area contributed by atoms with E-state index in [0.717, 1.165) is 22.4 Å². The number of carbonyl (C=O) groups excluding carboxylic acids is 1. The quantitative estimate of drug-likeness (QED) is 0.570. The zero-order valence-electron chi connectivity index (χ0n) is 19.3. The van der Waals surface area contributed by atoms with Crippen LogP contribution < -0.4 is 10.0 Å². The van der Waals surface area contributed by atoms with E-state index in [1.165, 1.54) is 0 Å². The summed E-state index contributed by atoms with van der Waals surface area (Å²) < 4.78 is 30.6. The van der Waals surface area contributed by atoms with Crippen LogP contribution in [0.3, 0.4) is 0 Å². The molecule has 7 nitrogen and oxygen atoms in total. The Kier molecular flexibility index (Phi) is 6.85. The Morgan fingerprint density at radius 3 is 2.12 bits per heavy atom. The molecule has 0 unspecified atom stereocenters. The lowest BCUT2D eigenvalue weighted by molar-refractivity contribution is -0.123. The number of aryl methyl sites for hydroxylation is 2. The van der Waals surface area contributed by atoms with Gasteiger partial charge < -0.3 is 9.88 Å². The lowest BCUT2D eigenvalue weighted by Crippen LogP contribution is -2.45. The Morgan fingerprint density at radius 2 is 1.59 bits per heavy atom. The van der Waals surface area contributed by atoms with Crippen LogP contribution >= 0.6 is 0 Å². The number of amides is 1. The molecular weight excluding hydrogens is 424 g/mol. The van der Waals surface area contributed by atoms with E-state index in [9.17, 15) is 13.2 Å². The first-order valence-electron chi connectivity index (χ1n) is 10.5. The summed E-state index contributed by atoms with van der Waals surface area (Å²) in [5.74, 6) is -0.389. The SMILES string of the molecule is Cc1cc(C)c(C)c(S(=O)(=O)N[C@@H](C)C(=O)N[C@@H](C)c2ccc(-n3ccnc3)cc2)c1C. The second-order valence-electron chi connectivity index (χ2n) is 8.22. The summed E-state index contributed by atoms with van der Waals surface area (Å²) in [6.07, 6.45) is 5.28. The highest BCUT2D eigenvalue weighted by Crippen LogP contribution is 2.26. The molecule has 0 saturated carbocycles. The number of hydrogen-bond donors (Lipinski definition) is 2. The van der Waals surface area contributed by atoms with Crippen molar-refractivity contribution < 1.29 is 13.2 Å². The first-order valence-corrected chi connectivity index (χ1v) is 12.0. The standard InChI is InChI=1S/C24H30N4O3S/c1-15-13-16(2)18(4)23(17(15)3)32(30,31)27-20(6)24(29)26-19(5)21-7-9-22(10-8-21)28-12-11-25-14-28/h7-14,19-20,27H,1-6H3,(H,26,29)/t19-,20-/m0/s1. The summed E-state index contributed by atoms with van der Waals surface area (Å²) in [4.78, 5) is 17.0. The zero-order valence-corrected chi connectivity index (χ0v) is 20.1. The van der Waals surface area contributed by atoms with Gasteiger partial charge in [-0.3, -0.25) is 4.79 Å². The average Bonchev–Trinajstić information content (AvgIpc) is 3.27. The topological polar surface area (TPSA) is 93.1 Å². The van der Waals surface area contributed by atoms with Crippen molar-refractivity contribution in [2.45, 2.75) is 58.5 Å². The van der Waals surface area contributed by atoms with Crippen molar-refractivity contribution in [3.8, 4) is 5.69 Å². The van der Waals surface area contributed by atoms with Gasteiger partial charge in [0.05, 0.1) is 23.3 Å². The normalized spacial score (nSPS) is 13.6. The molecule has 3 rings (SSSR count). The average molecular weight is 455 g/mol. The van der Waals surface area contributed by atoms with E-state index in [1.807, 2.05) is 61.9 Å². The van der Waals surface area contributed by atoms with Crippen molar-refractivity contribution in [2.75, 3.05) is 0 Å². The Hall–Kier alpha value is -2.97. The lowest BCUT2D eigenvalue weighted by Gasteiger charge is -2.21. The van der Waals surface area contributed by atoms with Crippen molar-refractivity contribution >= 4 is 15.9 Å². The highest BCUT2D eigenvalue weighted by Gasteiger charge is 2.27. The van der Waals surface area contributed by atoms with Crippen LogP contribution in [0.1, 0.15) is 47.7 Å². The van der Waals surface area contributed by atoms with Crippen LogP contribution in [0.25, 0.3) is 5.69 Å². The van der Waals surface area contributed by atoms with E-state index in [-0.39, 0.29) is 16.8 Å². The van der Waals surface area contributed by atoms with E-state index < -0.39 is 16.1 Å². The van der Waals surface area contributed by atoms with Gasteiger partial charge in [-0.15, -0.1) is 0 Å². The molecular formula is C24H30N4O3S. The second kappa shape index (κ2) is 9.26. The van der Waals surface area contributed by atoms with Gasteiger partial charge in [0.15, 0.2) is 0 Å². The van der Waals surface area contributed by atoms with E-state index in [2.05, 4.69) is 15.0 Å². The number of carbonyl (C=O) groups is 1. The molecule has 1 amide bonds. The third kappa shape index (κ3) is 4.92. The summed E-state index contributed by atoms with van der Waals surface area (Å²) in [6.45, 7) is 10.8. The van der Waals surface area contributed by atoms with Crippen molar-refractivity contribution in [2.24, 2.45) is 0 Å². The summed E-state index contributed by atoms with van der Waals surface area (Å²) in [5.41, 5.74) is 5.07. The third-order valence-electron chi connectivity index (χ3n) is 5.85. The van der Waals surface area contributed by atoms with Crippen LogP contribution in [0.5, 0.6) is 0 Å². The smallest absolute Gasteiger partial charge is 0.241 e. The highest BCUT2D eigenvalue weighted by molar-refractivity contribution is 7.89. The van der Waals surface area contributed by atoms with Gasteiger partial charge in [-0.1, -0.05) is 18.2 Å². The molecule has 0 bridgehead atoms. The first kappa shape index (κ1) is 23.7. The molecule has 0 spiro atoms. The lowest BCUT2D eigenvalue weighted by atomic mass is 10.0. The van der Waals surface area contributed by atoms with Crippen molar-refractivity contribution in [3.05, 3.63) is 76.9 Å². The van der Waals surface area contributed by atoms with Crippen LogP contribution in [0.15, 0.2) is 53.9 Å². The maximum atomic E-state index is 13.1. The molecule has 3 aromatic rings. The van der Waals surface area contributed by atoms with Crippen molar-refractivity contribution in [1.82, 2.24) is 19.6 Å². The zero-order chi connectivity index (χ0) is 23.6. The van der Waals surface area contributed by atoms with Crippen LogP contribution in [0.2, 0.25) is 0 Å². The summed E-state index contributed by atoms with van der Waals surface area (Å²) in [6, 6.07) is 8.51. The van der Waals surface area contributed by atoms with E-state index >= 15 is 0 Å². The van der Waals surface area contributed by atoms with Gasteiger partial charge in [0.25, 0.3) is 0 Å². The molecule has 0 saturated heterocycles. The van der Waals surface area contributed by atoms with E-state index in [1.54, 1.807) is 33.3 Å². The Balaban J connectivity index is 1.71. The van der Waals surface area contributed by atoms with Crippen molar-refractivity contribution in [3.63, 3.8) is 0 Å². The van der Waals surface area contributed by atoms with Crippen LogP contribution in [-0.2, 0) is 14.8 Å². The summed E-state index contributed by atoms with van der Waals surface area (Å²) in [7, 11) is -3.86. The van der Waals surface area contributed by atoms with Gasteiger partial charge in [-0.2, -0.15) is 4.72 Å². The number of sulfonamides is 1. The molecule has 0 radical (unpaired) electrons. The predicted molar refractivity (Wildman–Crippen MR) is 125 cm³/mol. The first-order chi connectivity index (χ1) is 15.0. The predicted octanol–water partition coefficient (Wildman–Crippen LogP) is 3.65. The maximum Gasteiger partial charge on any atom is 0.241 e. The fourth-order valence-corrected chi connectivity index (χ4v) is 5.52. The van der Waals surface area contributed by atoms with Gasteiger partial charge in [0.2, 0.25) is 15.9 Å². The molecule has 8 heteroatoms. The molecule has 2 N–H and O–H groups in total. The molecule has 2 aromatic carbocycles. The van der Waals surface area contributed by atoms with E-state index in [4.69, 9.17) is 0 Å². The minimum atomic E-state index is -3.86. The Bertz CT molecular complexity index is 1190. The van der Waals surface area contributed by atoms with Crippen LogP contribution in [0.4, 0.5) is 0 Å². The fourth-order valence-electron chi connectivity index (χ4n) is 3.70. The summed E-state index contributed by atoms with van der Waals surface area (Å²) in [5, 5.41) is 2.89. The molecule has 0 aliphatic rings. The molecule has 1 heterocycles. The Morgan fingerprint density at radius 1 is 1.00 bits per heavy atom. The second-order valence-corrected chi connectivity index (χ2v) is 9.88. The molecule has 170 valence electrons. The molecule has 32 heavy (non-hydrogen) atoms.